The molecule has 16 heavy (non-hydrogen) atoms. The Hall–Kier alpha value is -1.33. The van der Waals surface area contributed by atoms with Crippen molar-refractivity contribution in [2.75, 3.05) is 11.1 Å². The number of nitrogens with two attached hydrogens (primary N) is 1. The zero-order valence-corrected chi connectivity index (χ0v) is 10.5. The van der Waals surface area contributed by atoms with Crippen LogP contribution in [0.1, 0.15) is 0 Å². The van der Waals surface area contributed by atoms with E-state index in [9.17, 15) is 0 Å². The van der Waals surface area contributed by atoms with Crippen molar-refractivity contribution in [2.45, 2.75) is 0 Å². The van der Waals surface area contributed by atoms with Gasteiger partial charge in [0.1, 0.15) is 10.4 Å². The summed E-state index contributed by atoms with van der Waals surface area (Å²) in [6, 6.07) is 8.91. The molecule has 0 unspecified atom stereocenters. The molecule has 0 saturated carbocycles. The number of nitrogens with zero attached hydrogens (tertiary/aromatic N) is 2. The van der Waals surface area contributed by atoms with Gasteiger partial charge in [-0.2, -0.15) is 4.98 Å². The number of benzene rings is 1. The molecule has 0 amide bonds. The van der Waals surface area contributed by atoms with E-state index in [0.717, 1.165) is 5.69 Å². The molecule has 0 bridgehead atoms. The van der Waals surface area contributed by atoms with E-state index >= 15 is 0 Å². The Kier molecular flexibility index (Phi) is 3.26. The SMILES string of the molecule is Nc1cc(Br)nc(Nc2cccc(Cl)c2)n1. The highest BCUT2D eigenvalue weighted by Crippen LogP contribution is 2.19. The van der Waals surface area contributed by atoms with Crippen LogP contribution in [-0.2, 0) is 0 Å². The fourth-order valence-corrected chi connectivity index (χ4v) is 1.78. The van der Waals surface area contributed by atoms with Crippen molar-refractivity contribution >= 4 is 45.0 Å². The summed E-state index contributed by atoms with van der Waals surface area (Å²) >= 11 is 9.10. The van der Waals surface area contributed by atoms with E-state index < -0.39 is 0 Å². The summed E-state index contributed by atoms with van der Waals surface area (Å²) in [5, 5.41) is 3.66. The number of halogens is 2. The molecule has 0 saturated heterocycles. The molecule has 2 rings (SSSR count). The van der Waals surface area contributed by atoms with E-state index in [2.05, 4.69) is 31.2 Å². The fraction of sp³-hybridized carbons (Fsp3) is 0. The van der Waals surface area contributed by atoms with E-state index in [1.54, 1.807) is 18.2 Å². The van der Waals surface area contributed by atoms with Crippen molar-refractivity contribution in [3.8, 4) is 0 Å². The van der Waals surface area contributed by atoms with Crippen LogP contribution in [0.3, 0.4) is 0 Å². The van der Waals surface area contributed by atoms with Crippen LogP contribution in [0.5, 0.6) is 0 Å². The first-order chi connectivity index (χ1) is 7.63. The number of hydrogen-bond donors (Lipinski definition) is 2. The highest BCUT2D eigenvalue weighted by atomic mass is 79.9. The standard InChI is InChI=1S/C10H8BrClN4/c11-8-5-9(13)16-10(15-8)14-7-3-1-2-6(12)4-7/h1-5H,(H3,13,14,15,16). The predicted molar refractivity (Wildman–Crippen MR) is 68.9 cm³/mol. The number of rotatable bonds is 2. The molecule has 0 aliphatic rings. The number of hydrogen-bond acceptors (Lipinski definition) is 4. The van der Waals surface area contributed by atoms with Gasteiger partial charge >= 0.3 is 0 Å². The summed E-state index contributed by atoms with van der Waals surface area (Å²) in [6.45, 7) is 0. The highest BCUT2D eigenvalue weighted by molar-refractivity contribution is 9.10. The molecule has 2 aromatic rings. The van der Waals surface area contributed by atoms with Gasteiger partial charge in [-0.3, -0.25) is 0 Å². The highest BCUT2D eigenvalue weighted by Gasteiger charge is 2.01. The Bertz CT molecular complexity index is 498. The summed E-state index contributed by atoms with van der Waals surface area (Å²) in [4.78, 5) is 8.17. The minimum atomic E-state index is 0.395. The van der Waals surface area contributed by atoms with Gasteiger partial charge in [0, 0.05) is 16.8 Å². The second-order valence-electron chi connectivity index (χ2n) is 3.07. The van der Waals surface area contributed by atoms with Crippen LogP contribution in [0.25, 0.3) is 0 Å². The minimum absolute atomic E-state index is 0.395. The third kappa shape index (κ3) is 2.84. The zero-order valence-electron chi connectivity index (χ0n) is 8.11. The van der Waals surface area contributed by atoms with Gasteiger partial charge in [0.15, 0.2) is 0 Å². The first-order valence-corrected chi connectivity index (χ1v) is 5.63. The van der Waals surface area contributed by atoms with Gasteiger partial charge in [-0.15, -0.1) is 0 Å². The van der Waals surface area contributed by atoms with E-state index in [0.29, 0.717) is 21.4 Å². The third-order valence-electron chi connectivity index (χ3n) is 1.80. The molecule has 1 heterocycles. The van der Waals surface area contributed by atoms with Gasteiger partial charge in [-0.25, -0.2) is 4.98 Å². The van der Waals surface area contributed by atoms with Gasteiger partial charge in [0.25, 0.3) is 0 Å². The van der Waals surface area contributed by atoms with Crippen LogP contribution >= 0.6 is 27.5 Å². The number of nitrogens with one attached hydrogen (secondary N) is 1. The van der Waals surface area contributed by atoms with E-state index in [1.807, 2.05) is 12.1 Å². The lowest BCUT2D eigenvalue weighted by molar-refractivity contribution is 1.15. The molecule has 1 aromatic carbocycles. The van der Waals surface area contributed by atoms with Crippen LogP contribution < -0.4 is 11.1 Å². The van der Waals surface area contributed by atoms with Gasteiger partial charge in [-0.05, 0) is 34.1 Å². The van der Waals surface area contributed by atoms with Crippen molar-refractivity contribution in [1.29, 1.82) is 0 Å². The number of aromatic nitrogens is 2. The van der Waals surface area contributed by atoms with Crippen molar-refractivity contribution in [3.63, 3.8) is 0 Å². The Morgan fingerprint density at radius 2 is 2.06 bits per heavy atom. The van der Waals surface area contributed by atoms with Gasteiger partial charge in [0.05, 0.1) is 0 Å². The molecule has 0 aliphatic heterocycles. The molecule has 3 N–H and O–H groups in total. The normalized spacial score (nSPS) is 10.1. The monoisotopic (exact) mass is 298 g/mol. The third-order valence-corrected chi connectivity index (χ3v) is 2.44. The Morgan fingerprint density at radius 1 is 1.25 bits per heavy atom. The average molecular weight is 300 g/mol. The van der Waals surface area contributed by atoms with Crippen molar-refractivity contribution in [1.82, 2.24) is 9.97 Å². The maximum Gasteiger partial charge on any atom is 0.230 e. The molecule has 0 fully saturated rings. The lowest BCUT2D eigenvalue weighted by Gasteiger charge is -2.05. The maximum absolute atomic E-state index is 5.86. The summed E-state index contributed by atoms with van der Waals surface area (Å²) in [5.74, 6) is 0.820. The summed E-state index contributed by atoms with van der Waals surface area (Å²) in [5.41, 5.74) is 6.41. The van der Waals surface area contributed by atoms with Crippen LogP contribution in [0.15, 0.2) is 34.9 Å². The second kappa shape index (κ2) is 4.67. The largest absolute Gasteiger partial charge is 0.383 e. The molecule has 0 radical (unpaired) electrons. The van der Waals surface area contributed by atoms with Crippen LogP contribution in [0.2, 0.25) is 5.02 Å². The van der Waals surface area contributed by atoms with E-state index in [-0.39, 0.29) is 0 Å². The lowest BCUT2D eigenvalue weighted by Crippen LogP contribution is -2.00. The Labute approximate surface area is 106 Å². The molecule has 0 atom stereocenters. The Balaban J connectivity index is 2.27. The predicted octanol–water partition coefficient (Wildman–Crippen LogP) is 3.22. The first-order valence-electron chi connectivity index (χ1n) is 4.46. The molecule has 82 valence electrons. The van der Waals surface area contributed by atoms with Crippen LogP contribution in [0, 0.1) is 0 Å². The van der Waals surface area contributed by atoms with Crippen LogP contribution in [-0.4, -0.2) is 9.97 Å². The van der Waals surface area contributed by atoms with Gasteiger partial charge in [0.2, 0.25) is 5.95 Å². The maximum atomic E-state index is 5.86. The first kappa shape index (κ1) is 11.2. The molecular weight excluding hydrogens is 291 g/mol. The molecule has 0 aliphatic carbocycles. The van der Waals surface area contributed by atoms with Gasteiger partial charge in [-0.1, -0.05) is 17.7 Å². The summed E-state index contributed by atoms with van der Waals surface area (Å²) in [6.07, 6.45) is 0. The lowest BCUT2D eigenvalue weighted by atomic mass is 10.3. The fourth-order valence-electron chi connectivity index (χ4n) is 1.19. The molecule has 4 nitrogen and oxygen atoms in total. The van der Waals surface area contributed by atoms with Crippen molar-refractivity contribution in [3.05, 3.63) is 40.0 Å². The number of anilines is 3. The minimum Gasteiger partial charge on any atom is -0.383 e. The number of nitrogen functional groups attached to an aromatic ring is 1. The smallest absolute Gasteiger partial charge is 0.230 e. The Morgan fingerprint density at radius 3 is 2.75 bits per heavy atom. The second-order valence-corrected chi connectivity index (χ2v) is 4.32. The van der Waals surface area contributed by atoms with Crippen LogP contribution in [0.4, 0.5) is 17.5 Å². The van der Waals surface area contributed by atoms with E-state index in [4.69, 9.17) is 17.3 Å². The summed E-state index contributed by atoms with van der Waals surface area (Å²) in [7, 11) is 0. The van der Waals surface area contributed by atoms with Crippen molar-refractivity contribution < 1.29 is 0 Å². The summed E-state index contributed by atoms with van der Waals surface area (Å²) < 4.78 is 0.629. The average Bonchev–Trinajstić information content (AvgIpc) is 2.15. The molecular formula is C10H8BrClN4. The molecule has 6 heteroatoms. The molecule has 1 aromatic heterocycles. The molecule has 0 spiro atoms. The zero-order chi connectivity index (χ0) is 11.5. The quantitative estimate of drug-likeness (QED) is 0.836. The van der Waals surface area contributed by atoms with Gasteiger partial charge < -0.3 is 11.1 Å². The van der Waals surface area contributed by atoms with E-state index in [1.165, 1.54) is 0 Å². The topological polar surface area (TPSA) is 63.8 Å². The van der Waals surface area contributed by atoms with Crippen molar-refractivity contribution in [2.24, 2.45) is 0 Å².